The van der Waals surface area contributed by atoms with Gasteiger partial charge in [-0.05, 0) is 101 Å². The third-order valence-corrected chi connectivity index (χ3v) is 13.9. The molecule has 5 aromatic heterocycles. The monoisotopic (exact) mass is 1180 g/mol. The molecule has 0 fully saturated rings. The van der Waals surface area contributed by atoms with Gasteiger partial charge >= 0.3 is 17.9 Å². The molecule has 87 heavy (non-hydrogen) atoms. The molecule has 0 spiro atoms. The summed E-state index contributed by atoms with van der Waals surface area (Å²) in [7, 11) is 0. The number of aromatic hydroxyl groups is 3. The molecule has 0 aliphatic carbocycles. The minimum absolute atomic E-state index is 0.0558. The molecule has 0 aliphatic heterocycles. The summed E-state index contributed by atoms with van der Waals surface area (Å²) in [6.45, 7) is 7.03. The molecule has 0 saturated carbocycles. The molecule has 7 N–H and O–H groups in total. The number of azo groups is 3. The van der Waals surface area contributed by atoms with E-state index in [4.69, 9.17) is 14.2 Å². The Morgan fingerprint density at radius 2 is 0.828 bits per heavy atom. The normalized spacial score (nSPS) is 12.2. The molecule has 0 unspecified atom stereocenters. The largest absolute Gasteiger partial charge is 0.494 e. The number of nitrogens with zero attached hydrogens (tertiary/aromatic N) is 8. The molecule has 440 valence electrons. The Kier molecular flexibility index (Phi) is 18.0. The Labute approximate surface area is 494 Å². The number of pyridine rings is 5. The highest BCUT2D eigenvalue weighted by atomic mass is 16.6. The van der Waals surface area contributed by atoms with E-state index in [-0.39, 0.29) is 79.2 Å². The van der Waals surface area contributed by atoms with Crippen LogP contribution in [0.5, 0.6) is 17.6 Å². The van der Waals surface area contributed by atoms with Crippen LogP contribution in [-0.4, -0.2) is 79.7 Å². The lowest BCUT2D eigenvalue weighted by molar-refractivity contribution is -0.597. The van der Waals surface area contributed by atoms with Gasteiger partial charge in [-0.1, -0.05) is 66.2 Å². The average Bonchev–Trinajstić information content (AvgIpc) is 2.89. The van der Waals surface area contributed by atoms with Crippen molar-refractivity contribution in [3.8, 4) is 40.1 Å². The minimum atomic E-state index is -1.92. The zero-order chi connectivity index (χ0) is 62.1. The number of hydrogen-bond donors (Lipinski definition) is 7. The number of hydrogen-bond acceptors (Lipinski definition) is 19. The third-order valence-electron chi connectivity index (χ3n) is 13.9. The van der Waals surface area contributed by atoms with E-state index in [1.807, 2.05) is 45.0 Å². The number of nitrogens with one attached hydrogen (secondary N) is 3. The van der Waals surface area contributed by atoms with E-state index in [1.165, 1.54) is 54.6 Å². The van der Waals surface area contributed by atoms with Gasteiger partial charge in [0, 0.05) is 28.8 Å². The maximum Gasteiger partial charge on any atom is 0.340 e. The van der Waals surface area contributed by atoms with E-state index >= 15 is 0 Å². The average molecular weight is 1180 g/mol. The number of carbonyl (C=O) groups is 3. The van der Waals surface area contributed by atoms with Crippen LogP contribution in [0.4, 0.5) is 34.1 Å². The number of rotatable bonds is 19. The van der Waals surface area contributed by atoms with Crippen molar-refractivity contribution in [2.75, 3.05) is 26.4 Å². The SMILES string of the molecule is Cc1cccc(-c2c(O)[nH]c(=O)c(N=Nc3ccccc3C(=O)OCC(CO)(COC(=O)c3ccccc3N=Nc3c(C)c(-[n+]4cccc(C)c4)c(O)[nH]c3=O)COC(=O)c3ccccc3N=Nc3c(C)c(-[n+]4cccc(C)c4)c(O)[nH]c3=O)c2C)c1. The first kappa shape index (κ1) is 60.2. The molecule has 24 heteroatoms. The number of carbonyl (C=O) groups excluding carboxylic acids is 3. The first-order chi connectivity index (χ1) is 41.8. The molecule has 9 aromatic rings. The summed E-state index contributed by atoms with van der Waals surface area (Å²) in [5.41, 5.74) is -0.638. The molecule has 0 atom stereocenters. The van der Waals surface area contributed by atoms with Crippen LogP contribution < -0.4 is 25.8 Å². The molecular weight excluding hydrogens is 1120 g/mol. The van der Waals surface area contributed by atoms with Gasteiger partial charge in [-0.3, -0.25) is 29.3 Å². The summed E-state index contributed by atoms with van der Waals surface area (Å²) in [5, 5.41) is 69.0. The van der Waals surface area contributed by atoms with Gasteiger partial charge in [0.2, 0.25) is 0 Å². The number of ether oxygens (including phenoxy) is 3. The zero-order valence-electron chi connectivity index (χ0n) is 47.7. The van der Waals surface area contributed by atoms with Crippen LogP contribution in [-0.2, 0) is 14.2 Å². The Morgan fingerprint density at radius 1 is 0.460 bits per heavy atom. The van der Waals surface area contributed by atoms with Gasteiger partial charge in [-0.15, -0.1) is 30.7 Å². The van der Waals surface area contributed by atoms with Crippen molar-refractivity contribution in [3.63, 3.8) is 0 Å². The zero-order valence-corrected chi connectivity index (χ0v) is 47.7. The molecule has 0 radical (unpaired) electrons. The summed E-state index contributed by atoms with van der Waals surface area (Å²) >= 11 is 0. The minimum Gasteiger partial charge on any atom is -0.494 e. The lowest BCUT2D eigenvalue weighted by Gasteiger charge is -2.30. The number of benzene rings is 4. The molecule has 0 amide bonds. The van der Waals surface area contributed by atoms with E-state index in [2.05, 4.69) is 45.6 Å². The number of aromatic amines is 3. The maximum absolute atomic E-state index is 14.2. The molecule has 0 bridgehead atoms. The number of aromatic nitrogens is 5. The Balaban J connectivity index is 1.01. The second-order valence-electron chi connectivity index (χ2n) is 20.4. The molecule has 24 nitrogen and oxygen atoms in total. The van der Waals surface area contributed by atoms with Crippen molar-refractivity contribution in [2.24, 2.45) is 36.1 Å². The van der Waals surface area contributed by atoms with Crippen LogP contribution in [0.1, 0.15) is 64.5 Å². The van der Waals surface area contributed by atoms with E-state index in [1.54, 1.807) is 97.2 Å². The lowest BCUT2D eigenvalue weighted by Crippen LogP contribution is -2.42. The quantitative estimate of drug-likeness (QED) is 0.0172. The topological polar surface area (TPSA) is 340 Å². The standard InChI is InChI=1S/C63H55N11O13/c1-35-16-13-19-41(28-35)48-38(4)49(55(77)64-54(48)76)70-67-45-23-10-7-20-42(45)60(82)85-32-63(31-75,33-86-61(83)43-21-8-11-24-46(43)68-71-50-39(5)52(58(80)65-56(50)78)73-26-14-17-36(2)29-73)34-87-62(84)44-22-9-12-25-47(44)69-72-51-40(6)53(59(81)66-57(51)79)74-27-15-18-37(3)30-74/h7-30,75H,31-34H2,1-6H3,(H4-2,64,65,66,67,68,69,76,77,78,79,80,81,82,83,84)/p+2. The molecule has 9 rings (SSSR count). The van der Waals surface area contributed by atoms with E-state index in [9.17, 15) is 49.2 Å². The smallest absolute Gasteiger partial charge is 0.340 e. The lowest BCUT2D eigenvalue weighted by atomic mass is 9.92. The predicted molar refractivity (Wildman–Crippen MR) is 315 cm³/mol. The van der Waals surface area contributed by atoms with Crippen LogP contribution in [0.25, 0.3) is 22.5 Å². The van der Waals surface area contributed by atoms with Gasteiger partial charge in [0.1, 0.15) is 36.9 Å². The van der Waals surface area contributed by atoms with Crippen molar-refractivity contribution in [1.82, 2.24) is 15.0 Å². The van der Waals surface area contributed by atoms with Gasteiger partial charge in [-0.25, -0.2) is 14.4 Å². The molecular formula is C63H57N11O13+2. The Morgan fingerprint density at radius 3 is 1.21 bits per heavy atom. The van der Waals surface area contributed by atoms with Gasteiger partial charge < -0.3 is 34.6 Å². The fraction of sp³-hybridized carbons (Fsp3) is 0.175. The highest BCUT2D eigenvalue weighted by Crippen LogP contribution is 2.36. The summed E-state index contributed by atoms with van der Waals surface area (Å²) < 4.78 is 20.7. The Bertz CT molecular complexity index is 4010. The molecule has 0 saturated heterocycles. The Hall–Kier alpha value is -11.4. The van der Waals surface area contributed by atoms with Gasteiger partial charge in [0.25, 0.3) is 39.8 Å². The predicted octanol–water partition coefficient (Wildman–Crippen LogP) is 10.0. The summed E-state index contributed by atoms with van der Waals surface area (Å²) in [6.07, 6.45) is 6.81. The molecule has 4 aromatic carbocycles. The van der Waals surface area contributed by atoms with E-state index < -0.39 is 78.2 Å². The fourth-order valence-corrected chi connectivity index (χ4v) is 9.34. The highest BCUT2D eigenvalue weighted by Gasteiger charge is 2.37. The second kappa shape index (κ2) is 26.0. The van der Waals surface area contributed by atoms with Crippen LogP contribution in [0, 0.1) is 47.0 Å². The fourth-order valence-electron chi connectivity index (χ4n) is 9.34. The van der Waals surface area contributed by atoms with Crippen molar-refractivity contribution in [1.29, 1.82) is 0 Å². The molecule has 0 aliphatic rings. The van der Waals surface area contributed by atoms with Gasteiger partial charge in [0.15, 0.2) is 47.7 Å². The second-order valence-corrected chi connectivity index (χ2v) is 20.4. The van der Waals surface area contributed by atoms with Crippen molar-refractivity contribution in [3.05, 3.63) is 227 Å². The number of esters is 3. The van der Waals surface area contributed by atoms with Crippen molar-refractivity contribution >= 4 is 52.0 Å². The van der Waals surface area contributed by atoms with Crippen LogP contribution in [0.3, 0.4) is 0 Å². The van der Waals surface area contributed by atoms with Crippen molar-refractivity contribution < 1.29 is 58.2 Å². The van der Waals surface area contributed by atoms with Crippen LogP contribution in [0.15, 0.2) is 191 Å². The third kappa shape index (κ3) is 13.4. The van der Waals surface area contributed by atoms with Gasteiger partial charge in [-0.2, -0.15) is 9.13 Å². The number of aliphatic hydroxyl groups is 1. The summed E-state index contributed by atoms with van der Waals surface area (Å²) in [6, 6.07) is 32.0. The van der Waals surface area contributed by atoms with Gasteiger partial charge in [0.05, 0.1) is 39.8 Å². The van der Waals surface area contributed by atoms with E-state index in [0.29, 0.717) is 16.7 Å². The van der Waals surface area contributed by atoms with Crippen LogP contribution in [0.2, 0.25) is 0 Å². The first-order valence-corrected chi connectivity index (χ1v) is 26.8. The maximum atomic E-state index is 14.2. The number of aliphatic hydroxyl groups excluding tert-OH is 1. The first-order valence-electron chi connectivity index (χ1n) is 26.8. The summed E-state index contributed by atoms with van der Waals surface area (Å²) in [5.74, 6) is -4.30. The van der Waals surface area contributed by atoms with Crippen LogP contribution >= 0.6 is 0 Å². The molecule has 5 heterocycles. The number of H-pyrrole nitrogens is 3. The van der Waals surface area contributed by atoms with E-state index in [0.717, 1.165) is 16.7 Å². The summed E-state index contributed by atoms with van der Waals surface area (Å²) in [4.78, 5) is 89.3. The highest BCUT2D eigenvalue weighted by molar-refractivity contribution is 5.96. The number of aryl methyl sites for hydroxylation is 3. The van der Waals surface area contributed by atoms with Crippen molar-refractivity contribution in [2.45, 2.75) is 41.5 Å².